The molecule has 55 heteroatoms. The first kappa shape index (κ1) is 106. The number of aliphatic hydroxyl groups is 26. The van der Waals surface area contributed by atoms with Crippen molar-refractivity contribution in [1.29, 1.82) is 0 Å². The van der Waals surface area contributed by atoms with E-state index >= 15 is 0 Å². The minimum absolute atomic E-state index is 0.194. The van der Waals surface area contributed by atoms with Crippen molar-refractivity contribution in [3.63, 3.8) is 0 Å². The Morgan fingerprint density at radius 3 is 1.21 bits per heavy atom. The fraction of sp³-hybridized carbons (Fsp3) is 0.932. The largest absolute Gasteiger partial charge is 0.410 e. The van der Waals surface area contributed by atoms with Crippen molar-refractivity contribution in [3.05, 3.63) is 0 Å². The van der Waals surface area contributed by atoms with Gasteiger partial charge in [0.15, 0.2) is 50.3 Å². The molecule has 10 aliphatic rings. The molecule has 30 N–H and O–H groups in total. The summed E-state index contributed by atoms with van der Waals surface area (Å²) >= 11 is 0. The summed E-state index contributed by atoms with van der Waals surface area (Å²) in [6.07, 6.45) is -92.0. The van der Waals surface area contributed by atoms with E-state index in [0.717, 1.165) is 27.7 Å². The van der Waals surface area contributed by atoms with Crippen LogP contribution < -0.4 is 21.3 Å². The molecule has 740 valence electrons. The van der Waals surface area contributed by atoms with Crippen LogP contribution in [0.1, 0.15) is 54.9 Å². The Morgan fingerprint density at radius 1 is 0.352 bits per heavy atom. The fourth-order valence-electron chi connectivity index (χ4n) is 16.7. The van der Waals surface area contributed by atoms with E-state index in [2.05, 4.69) is 21.3 Å². The SMILES string of the molecule is CC(=O)NC1C(O)[C@H](O)C(CO)O[C@H]1OC1[C@@H](OCC2O[C@@H](O[C@@H]3C(CO)O[C@@H](O[C@@H]4C(CO[C@@H]5O[C@@H](C)[C@@H](O)C(O)C5O)O[C@@H](C)C(NC(C)=O)[C@H]4O)C(NC(C)=O)[C@H]3O)C(O)[C@@H](O[C@H]3O[C@H](CO)[C@@H](O)C(O)C3O[C@@H]3OC(CO)[C@@H](O[C@@H]4OC(CO[C@]5(OC=O)CC(O)[C@@H](C)C([C@H](O)[C@H](O)CO)O5)[C@H](O)[C@H](O)C4O)[C@H](O)C3NC(C)=O)[C@@H]2O)OC(CO)[C@@H](O)[C@@H]1O. The van der Waals surface area contributed by atoms with Crippen LogP contribution in [0.5, 0.6) is 0 Å². The number of hydrogen-bond acceptors (Lipinski definition) is 51. The van der Waals surface area contributed by atoms with Crippen LogP contribution in [0.4, 0.5) is 0 Å². The molecular formula is C73H122N4O51. The van der Waals surface area contributed by atoms with Gasteiger partial charge in [-0.2, -0.15) is 0 Å². The average molecular weight is 1870 g/mol. The summed E-state index contributed by atoms with van der Waals surface area (Å²) in [6.45, 7) is -1.85. The Hall–Kier alpha value is -4.45. The van der Waals surface area contributed by atoms with E-state index in [9.17, 15) is 157 Å². The maximum absolute atomic E-state index is 13.3. The molecule has 21 unspecified atom stereocenters. The lowest BCUT2D eigenvalue weighted by molar-refractivity contribution is -0.424. The highest BCUT2D eigenvalue weighted by atomic mass is 16.9. The van der Waals surface area contributed by atoms with Gasteiger partial charge in [-0.05, 0) is 13.8 Å². The molecule has 0 aromatic heterocycles. The summed E-state index contributed by atoms with van der Waals surface area (Å²) in [7, 11) is 0. The Kier molecular flexibility index (Phi) is 37.9. The Bertz CT molecular complexity index is 3500. The van der Waals surface area contributed by atoms with Gasteiger partial charge in [0.1, 0.15) is 220 Å². The van der Waals surface area contributed by atoms with Crippen LogP contribution in [0.3, 0.4) is 0 Å². The zero-order chi connectivity index (χ0) is 94.4. The van der Waals surface area contributed by atoms with Crippen molar-refractivity contribution >= 4 is 30.1 Å². The molecule has 0 aliphatic carbocycles. The fourth-order valence-corrected chi connectivity index (χ4v) is 16.7. The topological polar surface area (TPSA) is 844 Å². The van der Waals surface area contributed by atoms with E-state index in [1.165, 1.54) is 20.8 Å². The number of carbonyl (C=O) groups is 5. The van der Waals surface area contributed by atoms with Crippen LogP contribution in [-0.4, -0.2) is 529 Å². The van der Waals surface area contributed by atoms with Gasteiger partial charge in [-0.25, -0.2) is 0 Å². The highest BCUT2D eigenvalue weighted by molar-refractivity contribution is 5.74. The molecule has 0 bridgehead atoms. The second-order valence-corrected chi connectivity index (χ2v) is 33.0. The Morgan fingerprint density at radius 2 is 0.719 bits per heavy atom. The van der Waals surface area contributed by atoms with Gasteiger partial charge in [0.2, 0.25) is 23.6 Å². The number of ether oxygens (including phenoxy) is 20. The molecule has 0 spiro atoms. The summed E-state index contributed by atoms with van der Waals surface area (Å²) in [4.78, 5) is 63.5. The van der Waals surface area contributed by atoms with E-state index in [4.69, 9.17) is 94.7 Å². The molecule has 4 amide bonds. The van der Waals surface area contributed by atoms with Crippen LogP contribution in [0.2, 0.25) is 0 Å². The maximum Gasteiger partial charge on any atom is 0.332 e. The van der Waals surface area contributed by atoms with Crippen molar-refractivity contribution < 1.29 is 251 Å². The molecule has 10 saturated heterocycles. The number of hydrogen-bond donors (Lipinski definition) is 30. The van der Waals surface area contributed by atoms with Crippen molar-refractivity contribution in [1.82, 2.24) is 21.3 Å². The lowest BCUT2D eigenvalue weighted by Gasteiger charge is -2.51. The molecule has 10 rings (SSSR count). The van der Waals surface area contributed by atoms with Gasteiger partial charge < -0.3 is 249 Å². The number of rotatable bonds is 35. The number of nitrogens with one attached hydrogen (secondary N) is 4. The number of carbonyl (C=O) groups excluding carboxylic acids is 5. The molecule has 51 atom stereocenters. The third-order valence-corrected chi connectivity index (χ3v) is 23.9. The van der Waals surface area contributed by atoms with Gasteiger partial charge in [0, 0.05) is 33.6 Å². The van der Waals surface area contributed by atoms with E-state index < -0.39 is 402 Å². The summed E-state index contributed by atoms with van der Waals surface area (Å²) in [5.41, 5.74) is 0. The van der Waals surface area contributed by atoms with Gasteiger partial charge in [0.25, 0.3) is 6.47 Å². The van der Waals surface area contributed by atoms with Crippen molar-refractivity contribution in [2.45, 2.75) is 361 Å². The highest BCUT2D eigenvalue weighted by Crippen LogP contribution is 2.42. The number of aliphatic hydroxyl groups excluding tert-OH is 26. The van der Waals surface area contributed by atoms with Crippen LogP contribution in [0, 0.1) is 5.92 Å². The number of amides is 4. The Labute approximate surface area is 727 Å². The maximum atomic E-state index is 13.3. The predicted molar refractivity (Wildman–Crippen MR) is 398 cm³/mol. The van der Waals surface area contributed by atoms with Crippen LogP contribution in [-0.2, 0) is 119 Å². The molecule has 128 heavy (non-hydrogen) atoms. The quantitative estimate of drug-likeness (QED) is 0.0207. The summed E-state index contributed by atoms with van der Waals surface area (Å²) in [5, 5.41) is 302. The van der Waals surface area contributed by atoms with E-state index in [1.807, 2.05) is 0 Å². The molecular weight excluding hydrogens is 1750 g/mol. The predicted octanol–water partition coefficient (Wildman–Crippen LogP) is -19.6. The molecule has 10 aliphatic heterocycles. The first-order valence-electron chi connectivity index (χ1n) is 41.3. The minimum atomic E-state index is -2.67. The normalized spacial score (nSPS) is 48.4. The summed E-state index contributed by atoms with van der Waals surface area (Å²) in [6, 6.07) is -7.11. The average Bonchev–Trinajstić information content (AvgIpc) is 0.764. The molecule has 0 saturated carbocycles. The molecule has 0 radical (unpaired) electrons. The van der Waals surface area contributed by atoms with Gasteiger partial charge >= 0.3 is 5.97 Å². The third-order valence-electron chi connectivity index (χ3n) is 23.9. The second-order valence-electron chi connectivity index (χ2n) is 33.0. The van der Waals surface area contributed by atoms with Crippen LogP contribution in [0.25, 0.3) is 0 Å². The summed E-state index contributed by atoms with van der Waals surface area (Å²) < 4.78 is 119. The van der Waals surface area contributed by atoms with Gasteiger partial charge in [0.05, 0.1) is 96.3 Å². The highest BCUT2D eigenvalue weighted by Gasteiger charge is 2.62. The van der Waals surface area contributed by atoms with Crippen LogP contribution >= 0.6 is 0 Å². The monoisotopic (exact) mass is 1870 g/mol. The first-order valence-corrected chi connectivity index (χ1v) is 41.3. The molecule has 0 aromatic rings. The van der Waals surface area contributed by atoms with Crippen LogP contribution in [0.15, 0.2) is 0 Å². The minimum Gasteiger partial charge on any atom is -0.410 e. The zero-order valence-corrected chi connectivity index (χ0v) is 69.8. The van der Waals surface area contributed by atoms with Gasteiger partial charge in [-0.3, -0.25) is 24.0 Å². The second kappa shape index (κ2) is 45.9. The van der Waals surface area contributed by atoms with E-state index in [-0.39, 0.29) is 6.47 Å². The third kappa shape index (κ3) is 23.6. The van der Waals surface area contributed by atoms with Gasteiger partial charge in [-0.1, -0.05) is 6.92 Å². The van der Waals surface area contributed by atoms with E-state index in [0.29, 0.717) is 0 Å². The summed E-state index contributed by atoms with van der Waals surface area (Å²) in [5.74, 6) is -7.23. The molecule has 55 nitrogen and oxygen atoms in total. The first-order chi connectivity index (χ1) is 60.4. The lowest BCUT2D eigenvalue weighted by atomic mass is 9.87. The van der Waals surface area contributed by atoms with Crippen molar-refractivity contribution in [2.75, 3.05) is 59.5 Å². The molecule has 10 fully saturated rings. The van der Waals surface area contributed by atoms with E-state index in [1.54, 1.807) is 0 Å². The Balaban J connectivity index is 0.961. The van der Waals surface area contributed by atoms with Crippen molar-refractivity contribution in [3.8, 4) is 0 Å². The lowest BCUT2D eigenvalue weighted by Crippen LogP contribution is -2.71. The van der Waals surface area contributed by atoms with Crippen molar-refractivity contribution in [2.24, 2.45) is 5.92 Å². The zero-order valence-electron chi connectivity index (χ0n) is 69.8. The smallest absolute Gasteiger partial charge is 0.332 e. The van der Waals surface area contributed by atoms with Gasteiger partial charge in [-0.15, -0.1) is 0 Å². The molecule has 10 heterocycles. The standard InChI is InChI=1S/C73H122N4O51/c1-19-26(89)8-73(112-18-84,128-58(19)41(92)27(90)9-78)111-17-34-45(96)52(103)56(107)69(121-34)123-59-31(13-82)119-67(39(50(59)101)77-25(7)88)127-64-54(105)44(95)30(12-81)117-72(64)125-62-46(97)33(15-110-71-63(53(104)43(94)29(11-80)116-71)126-65-37(75-23(5)86)47(98)42(93)28(10-79)115-65)120-70(57(62)108)124-60-32(14-83)118-66(38(49(60)100)76-24(6)87)122-61-35(113-20(2)36(48(61)99)74-22(4)85)16-109-68-55(106)51(102)40(91)21(3)114-68/h18-21,26-72,78-83,89-108H,8-17H2,1-7H3,(H,74,85)(H,75,86)(H,76,87)(H,77,88)/t19-,20+,21+,26?,27-,28?,29?,30-,31?,32?,33?,34?,35?,36?,37?,38?,39?,40-,41-,42-,43-,44-,45+,46-,47?,48-,49-,50-,51?,52+,53+,54?,55?,56?,57?,58?,59-,60-,61-,62+,63?,64?,65+,66+,67+,68-,69+,70+,71+,72-,73+/m1/s1. The molecule has 0 aromatic carbocycles.